The summed E-state index contributed by atoms with van der Waals surface area (Å²) in [6, 6.07) is 14.3. The number of nitrogens with zero attached hydrogens (tertiary/aromatic N) is 2. The second-order valence-corrected chi connectivity index (χ2v) is 9.13. The lowest BCUT2D eigenvalue weighted by Gasteiger charge is -2.14. The van der Waals surface area contributed by atoms with Gasteiger partial charge < -0.3 is 24.3 Å². The van der Waals surface area contributed by atoms with Crippen LogP contribution in [0.5, 0.6) is 23.0 Å². The van der Waals surface area contributed by atoms with Crippen molar-refractivity contribution < 1.29 is 28.7 Å². The molecule has 38 heavy (non-hydrogen) atoms. The number of ether oxygens (including phenoxy) is 4. The van der Waals surface area contributed by atoms with Gasteiger partial charge in [-0.25, -0.2) is 0 Å². The van der Waals surface area contributed by atoms with Crippen LogP contribution < -0.4 is 24.3 Å². The lowest BCUT2D eigenvalue weighted by atomic mass is 10.1. The van der Waals surface area contributed by atoms with E-state index < -0.39 is 10.8 Å². The highest BCUT2D eigenvalue weighted by Crippen LogP contribution is 2.37. The summed E-state index contributed by atoms with van der Waals surface area (Å²) in [5.41, 5.74) is 1.19. The molecule has 0 atom stereocenters. The minimum absolute atomic E-state index is 0.0368. The van der Waals surface area contributed by atoms with Crippen LogP contribution in [0.15, 0.2) is 54.1 Å². The number of hydrogen-bond donors (Lipinski definition) is 1. The van der Waals surface area contributed by atoms with Crippen LogP contribution in [-0.2, 0) is 11.4 Å². The molecule has 0 bridgehead atoms. The average molecular weight is 650 g/mol. The molecular formula is C26H21ClIN3O7. The number of nitro groups is 1. The number of carbonyl (C=O) groups excluding carboxylic acids is 1. The van der Waals surface area contributed by atoms with Gasteiger partial charge in [0.25, 0.3) is 11.6 Å². The molecule has 3 aromatic carbocycles. The van der Waals surface area contributed by atoms with Gasteiger partial charge in [-0.3, -0.25) is 14.9 Å². The van der Waals surface area contributed by atoms with Gasteiger partial charge in [0.1, 0.15) is 29.7 Å². The fraction of sp³-hybridized carbons (Fsp3) is 0.154. The smallest absolute Gasteiger partial charge is 0.269 e. The molecule has 0 unspecified atom stereocenters. The van der Waals surface area contributed by atoms with E-state index in [1.165, 1.54) is 51.7 Å². The number of nitriles is 1. The molecule has 0 aliphatic carbocycles. The number of rotatable bonds is 10. The Kier molecular flexibility index (Phi) is 9.75. The van der Waals surface area contributed by atoms with Gasteiger partial charge in [-0.1, -0.05) is 23.7 Å². The largest absolute Gasteiger partial charge is 0.495 e. The second-order valence-electron chi connectivity index (χ2n) is 7.56. The summed E-state index contributed by atoms with van der Waals surface area (Å²) in [7, 11) is 4.31. The lowest BCUT2D eigenvalue weighted by Crippen LogP contribution is -2.14. The van der Waals surface area contributed by atoms with E-state index >= 15 is 0 Å². The Morgan fingerprint density at radius 2 is 1.82 bits per heavy atom. The highest BCUT2D eigenvalue weighted by Gasteiger charge is 2.17. The van der Waals surface area contributed by atoms with Crippen molar-refractivity contribution in [3.63, 3.8) is 0 Å². The van der Waals surface area contributed by atoms with Crippen molar-refractivity contribution in [1.82, 2.24) is 0 Å². The first-order valence-electron chi connectivity index (χ1n) is 10.8. The fourth-order valence-corrected chi connectivity index (χ4v) is 4.35. The van der Waals surface area contributed by atoms with Gasteiger partial charge in [0.15, 0.2) is 11.5 Å². The lowest BCUT2D eigenvalue weighted by molar-refractivity contribution is -0.384. The number of carbonyl (C=O) groups is 1. The molecule has 0 saturated heterocycles. The van der Waals surface area contributed by atoms with Gasteiger partial charge >= 0.3 is 0 Å². The molecule has 3 rings (SSSR count). The molecule has 0 fully saturated rings. The molecule has 1 amide bonds. The SMILES string of the molecule is COc1cc(NC(=O)/C(C#N)=C/c2cc(I)c(OCc3cccc([N+](=O)[O-])c3)c(OC)c2)c(OC)cc1Cl. The molecule has 0 radical (unpaired) electrons. The summed E-state index contributed by atoms with van der Waals surface area (Å²) < 4.78 is 22.5. The maximum atomic E-state index is 12.9. The van der Waals surface area contributed by atoms with Gasteiger partial charge in [0.05, 0.1) is 40.5 Å². The predicted octanol–water partition coefficient (Wildman–Crippen LogP) is 6.00. The summed E-state index contributed by atoms with van der Waals surface area (Å²) in [6.07, 6.45) is 1.41. The monoisotopic (exact) mass is 649 g/mol. The average Bonchev–Trinajstić information content (AvgIpc) is 2.91. The first kappa shape index (κ1) is 28.5. The Balaban J connectivity index is 1.85. The Labute approximate surface area is 237 Å². The van der Waals surface area contributed by atoms with Crippen LogP contribution in [0.3, 0.4) is 0 Å². The fourth-order valence-electron chi connectivity index (χ4n) is 3.34. The number of hydrogen-bond acceptors (Lipinski definition) is 8. The third-order valence-electron chi connectivity index (χ3n) is 5.15. The van der Waals surface area contributed by atoms with Crippen molar-refractivity contribution in [2.75, 3.05) is 26.6 Å². The van der Waals surface area contributed by atoms with E-state index in [1.54, 1.807) is 24.3 Å². The Bertz CT molecular complexity index is 1450. The summed E-state index contributed by atoms with van der Waals surface area (Å²) in [5, 5.41) is 23.6. The van der Waals surface area contributed by atoms with Crippen molar-refractivity contribution in [3.8, 4) is 29.1 Å². The van der Waals surface area contributed by atoms with Crippen LogP contribution in [0.2, 0.25) is 5.02 Å². The molecule has 0 heterocycles. The van der Waals surface area contributed by atoms with Gasteiger partial charge in [0.2, 0.25) is 0 Å². The number of nitro benzene ring substituents is 1. The quantitative estimate of drug-likeness (QED) is 0.0930. The van der Waals surface area contributed by atoms with Crippen LogP contribution in [-0.4, -0.2) is 32.2 Å². The highest BCUT2D eigenvalue weighted by atomic mass is 127. The van der Waals surface area contributed by atoms with Crippen LogP contribution in [0, 0.1) is 25.0 Å². The van der Waals surface area contributed by atoms with E-state index in [2.05, 4.69) is 5.32 Å². The molecule has 3 aromatic rings. The highest BCUT2D eigenvalue weighted by molar-refractivity contribution is 14.1. The summed E-state index contributed by atoms with van der Waals surface area (Å²) in [5.74, 6) is 0.719. The predicted molar refractivity (Wildman–Crippen MR) is 150 cm³/mol. The zero-order chi connectivity index (χ0) is 27.8. The number of nitrogens with one attached hydrogen (secondary N) is 1. The van der Waals surface area contributed by atoms with Gasteiger partial charge in [-0.2, -0.15) is 5.26 Å². The van der Waals surface area contributed by atoms with Gasteiger partial charge in [-0.05, 0) is 51.9 Å². The molecule has 0 saturated carbocycles. The topological polar surface area (TPSA) is 133 Å². The summed E-state index contributed by atoms with van der Waals surface area (Å²) >= 11 is 8.16. The van der Waals surface area contributed by atoms with Crippen LogP contribution in [0.4, 0.5) is 11.4 Å². The third kappa shape index (κ3) is 6.84. The van der Waals surface area contributed by atoms with E-state index in [-0.39, 0.29) is 23.6 Å². The Morgan fingerprint density at radius 1 is 1.11 bits per heavy atom. The maximum Gasteiger partial charge on any atom is 0.269 e. The number of amides is 1. The molecular weight excluding hydrogens is 629 g/mol. The molecule has 10 nitrogen and oxygen atoms in total. The molecule has 0 spiro atoms. The van der Waals surface area contributed by atoms with Crippen molar-refractivity contribution in [2.24, 2.45) is 0 Å². The standard InChI is InChI=1S/C26H21ClIN3O7/c1-35-22-12-21(23(36-2)11-19(22)27)30-26(32)17(13-29)7-16-9-20(28)25(24(10-16)37-3)38-14-15-5-4-6-18(8-15)31(33)34/h4-12H,14H2,1-3H3,(H,30,32)/b17-7+. The van der Waals surface area contributed by atoms with E-state index in [9.17, 15) is 20.2 Å². The Hall–Kier alpha value is -4.02. The van der Waals surface area contributed by atoms with Crippen molar-refractivity contribution in [1.29, 1.82) is 5.26 Å². The van der Waals surface area contributed by atoms with Gasteiger partial charge in [0, 0.05) is 24.3 Å². The first-order valence-corrected chi connectivity index (χ1v) is 12.2. The minimum atomic E-state index is -0.671. The molecule has 0 aliphatic rings. The van der Waals surface area contributed by atoms with Crippen LogP contribution in [0.1, 0.15) is 11.1 Å². The van der Waals surface area contributed by atoms with E-state index in [0.29, 0.717) is 42.7 Å². The number of anilines is 1. The van der Waals surface area contributed by atoms with E-state index in [4.69, 9.17) is 30.5 Å². The zero-order valence-corrected chi connectivity index (χ0v) is 23.3. The zero-order valence-electron chi connectivity index (χ0n) is 20.4. The van der Waals surface area contributed by atoms with Gasteiger partial charge in [-0.15, -0.1) is 0 Å². The number of benzene rings is 3. The second kappa shape index (κ2) is 13.0. The van der Waals surface area contributed by atoms with E-state index in [1.807, 2.05) is 28.7 Å². The minimum Gasteiger partial charge on any atom is -0.495 e. The summed E-state index contributed by atoms with van der Waals surface area (Å²) in [6.45, 7) is 0.0709. The third-order valence-corrected chi connectivity index (χ3v) is 6.25. The number of methoxy groups -OCH3 is 3. The number of halogens is 2. The van der Waals surface area contributed by atoms with Crippen LogP contribution >= 0.6 is 34.2 Å². The molecule has 0 aliphatic heterocycles. The molecule has 196 valence electrons. The van der Waals surface area contributed by atoms with Crippen molar-refractivity contribution in [3.05, 3.63) is 83.9 Å². The molecule has 0 aromatic heterocycles. The van der Waals surface area contributed by atoms with Crippen LogP contribution in [0.25, 0.3) is 6.08 Å². The van der Waals surface area contributed by atoms with E-state index in [0.717, 1.165) is 0 Å². The maximum absolute atomic E-state index is 12.9. The normalized spacial score (nSPS) is 10.8. The van der Waals surface area contributed by atoms with Crippen molar-refractivity contribution in [2.45, 2.75) is 6.61 Å². The number of non-ortho nitro benzene ring substituents is 1. The molecule has 1 N–H and O–H groups in total. The molecule has 12 heteroatoms. The Morgan fingerprint density at radius 3 is 2.45 bits per heavy atom. The van der Waals surface area contributed by atoms with Crippen molar-refractivity contribution >= 4 is 57.5 Å². The summed E-state index contributed by atoms with van der Waals surface area (Å²) in [4.78, 5) is 23.5. The first-order chi connectivity index (χ1) is 18.2.